The van der Waals surface area contributed by atoms with Gasteiger partial charge >= 0.3 is 6.03 Å². The molecule has 0 aromatic rings. The van der Waals surface area contributed by atoms with Crippen LogP contribution in [-0.4, -0.2) is 64.3 Å². The van der Waals surface area contributed by atoms with Crippen LogP contribution in [0.1, 0.15) is 20.8 Å². The van der Waals surface area contributed by atoms with Crippen molar-refractivity contribution in [2.75, 3.05) is 19.6 Å². The third-order valence-electron chi connectivity index (χ3n) is 3.32. The number of rotatable bonds is 1. The van der Waals surface area contributed by atoms with E-state index in [1.807, 2.05) is 13.8 Å². The Morgan fingerprint density at radius 2 is 1.94 bits per heavy atom. The second-order valence-corrected chi connectivity index (χ2v) is 4.76. The zero-order valence-electron chi connectivity index (χ0n) is 10.3. The number of carbonyl (C=O) groups is 3. The van der Waals surface area contributed by atoms with Crippen LogP contribution in [0.5, 0.6) is 0 Å². The molecule has 2 heterocycles. The second kappa shape index (κ2) is 4.01. The van der Waals surface area contributed by atoms with E-state index < -0.39 is 6.04 Å². The molecule has 6 nitrogen and oxygen atoms in total. The Hall–Kier alpha value is -1.59. The van der Waals surface area contributed by atoms with Crippen molar-refractivity contribution in [3.8, 4) is 0 Å². The minimum atomic E-state index is -0.484. The molecule has 0 bridgehead atoms. The Kier molecular flexibility index (Phi) is 2.81. The summed E-state index contributed by atoms with van der Waals surface area (Å²) in [6, 6.07) is -0.841. The normalized spacial score (nSPS) is 24.7. The average molecular weight is 239 g/mol. The summed E-state index contributed by atoms with van der Waals surface area (Å²) in [5.74, 6) is -0.233. The van der Waals surface area contributed by atoms with Gasteiger partial charge < -0.3 is 9.80 Å². The molecular formula is C11H17N3O3. The molecule has 94 valence electrons. The Bertz CT molecular complexity index is 380. The summed E-state index contributed by atoms with van der Waals surface area (Å²) in [5, 5.41) is 0. The highest BCUT2D eigenvalue weighted by atomic mass is 16.2. The van der Waals surface area contributed by atoms with Crippen LogP contribution >= 0.6 is 0 Å². The molecule has 2 aliphatic heterocycles. The molecule has 0 aliphatic carbocycles. The van der Waals surface area contributed by atoms with Crippen LogP contribution in [0.25, 0.3) is 0 Å². The lowest BCUT2D eigenvalue weighted by Crippen LogP contribution is -2.54. The molecule has 2 fully saturated rings. The van der Waals surface area contributed by atoms with Gasteiger partial charge in [0.05, 0.1) is 6.54 Å². The molecule has 17 heavy (non-hydrogen) atoms. The van der Waals surface area contributed by atoms with Crippen LogP contribution in [0, 0.1) is 0 Å². The number of hydrogen-bond donors (Lipinski definition) is 0. The third kappa shape index (κ3) is 1.77. The van der Waals surface area contributed by atoms with Crippen LogP contribution in [0.4, 0.5) is 4.79 Å². The van der Waals surface area contributed by atoms with Crippen molar-refractivity contribution in [3.05, 3.63) is 0 Å². The van der Waals surface area contributed by atoms with Crippen molar-refractivity contribution in [2.24, 2.45) is 0 Å². The standard InChI is InChI=1S/C11H17N3O3/c1-7(2)14-10(16)9-6-12(8(3)15)4-5-13(9)11(14)17/h7,9H,4-6H2,1-3H3. The molecule has 1 unspecified atom stereocenters. The number of carbonyl (C=O) groups excluding carboxylic acids is 3. The van der Waals surface area contributed by atoms with Gasteiger partial charge in [0.2, 0.25) is 5.91 Å². The van der Waals surface area contributed by atoms with Crippen molar-refractivity contribution < 1.29 is 14.4 Å². The molecule has 0 N–H and O–H groups in total. The summed E-state index contributed by atoms with van der Waals surface area (Å²) < 4.78 is 0. The molecule has 0 spiro atoms. The zero-order chi connectivity index (χ0) is 12.7. The van der Waals surface area contributed by atoms with Crippen molar-refractivity contribution >= 4 is 17.8 Å². The quantitative estimate of drug-likeness (QED) is 0.600. The first-order valence-electron chi connectivity index (χ1n) is 5.82. The van der Waals surface area contributed by atoms with E-state index in [0.717, 1.165) is 0 Å². The van der Waals surface area contributed by atoms with Gasteiger partial charge in [0, 0.05) is 26.1 Å². The summed E-state index contributed by atoms with van der Waals surface area (Å²) in [5.41, 5.74) is 0. The largest absolute Gasteiger partial charge is 0.339 e. The van der Waals surface area contributed by atoms with Crippen molar-refractivity contribution in [3.63, 3.8) is 0 Å². The number of amides is 4. The summed E-state index contributed by atoms with van der Waals surface area (Å²) in [4.78, 5) is 39.8. The Labute approximate surface area is 100 Å². The van der Waals surface area contributed by atoms with Crippen molar-refractivity contribution in [1.82, 2.24) is 14.7 Å². The van der Waals surface area contributed by atoms with E-state index in [-0.39, 0.29) is 23.9 Å². The van der Waals surface area contributed by atoms with Gasteiger partial charge in [-0.25, -0.2) is 4.79 Å². The minimum Gasteiger partial charge on any atom is -0.339 e. The van der Waals surface area contributed by atoms with Gasteiger partial charge in [0.25, 0.3) is 5.91 Å². The highest BCUT2D eigenvalue weighted by Gasteiger charge is 2.48. The maximum absolute atomic E-state index is 12.1. The lowest BCUT2D eigenvalue weighted by Gasteiger charge is -2.34. The lowest BCUT2D eigenvalue weighted by molar-refractivity contribution is -0.135. The monoisotopic (exact) mass is 239 g/mol. The Morgan fingerprint density at radius 1 is 1.29 bits per heavy atom. The maximum atomic E-state index is 12.1. The SMILES string of the molecule is CC(=O)N1CCN2C(=O)N(C(C)C)C(=O)C2C1. The number of piperazine rings is 1. The van der Waals surface area contributed by atoms with E-state index in [9.17, 15) is 14.4 Å². The van der Waals surface area contributed by atoms with E-state index >= 15 is 0 Å². The number of imide groups is 1. The predicted octanol–water partition coefficient (Wildman–Crippen LogP) is -0.110. The molecule has 1 atom stereocenters. The lowest BCUT2D eigenvalue weighted by atomic mass is 10.2. The van der Waals surface area contributed by atoms with Gasteiger partial charge in [0.15, 0.2) is 0 Å². The van der Waals surface area contributed by atoms with Gasteiger partial charge in [0.1, 0.15) is 6.04 Å². The first kappa shape index (κ1) is 11.9. The minimum absolute atomic E-state index is 0.0482. The molecule has 2 saturated heterocycles. The van der Waals surface area contributed by atoms with Crippen LogP contribution in [-0.2, 0) is 9.59 Å². The average Bonchev–Trinajstić information content (AvgIpc) is 2.51. The fraction of sp³-hybridized carbons (Fsp3) is 0.727. The van der Waals surface area contributed by atoms with E-state index in [2.05, 4.69) is 0 Å². The highest BCUT2D eigenvalue weighted by Crippen LogP contribution is 2.23. The van der Waals surface area contributed by atoms with Crippen LogP contribution < -0.4 is 0 Å². The number of hydrogen-bond acceptors (Lipinski definition) is 3. The number of nitrogens with zero attached hydrogens (tertiary/aromatic N) is 3. The zero-order valence-corrected chi connectivity index (χ0v) is 10.3. The molecule has 2 rings (SSSR count). The molecule has 0 saturated carbocycles. The smallest absolute Gasteiger partial charge is 0.327 e. The first-order chi connectivity index (χ1) is 7.93. The summed E-state index contributed by atoms with van der Waals surface area (Å²) in [6.07, 6.45) is 0. The summed E-state index contributed by atoms with van der Waals surface area (Å²) in [6.45, 7) is 6.39. The van der Waals surface area contributed by atoms with Gasteiger partial charge in [-0.05, 0) is 13.8 Å². The molecular weight excluding hydrogens is 222 g/mol. The van der Waals surface area contributed by atoms with E-state index in [1.54, 1.807) is 9.80 Å². The Balaban J connectivity index is 2.20. The molecule has 0 aromatic carbocycles. The van der Waals surface area contributed by atoms with Crippen LogP contribution in [0.2, 0.25) is 0 Å². The van der Waals surface area contributed by atoms with Crippen LogP contribution in [0.15, 0.2) is 0 Å². The molecule has 6 heteroatoms. The maximum Gasteiger partial charge on any atom is 0.327 e. The molecule has 0 aromatic heterocycles. The van der Waals surface area contributed by atoms with Gasteiger partial charge in [-0.1, -0.05) is 0 Å². The van der Waals surface area contributed by atoms with E-state index in [4.69, 9.17) is 0 Å². The highest BCUT2D eigenvalue weighted by molar-refractivity contribution is 6.05. The van der Waals surface area contributed by atoms with Gasteiger partial charge in [-0.15, -0.1) is 0 Å². The fourth-order valence-corrected chi connectivity index (χ4v) is 2.38. The topological polar surface area (TPSA) is 60.9 Å². The van der Waals surface area contributed by atoms with Gasteiger partial charge in [-0.3, -0.25) is 14.5 Å². The second-order valence-electron chi connectivity index (χ2n) is 4.76. The van der Waals surface area contributed by atoms with E-state index in [1.165, 1.54) is 11.8 Å². The van der Waals surface area contributed by atoms with Crippen LogP contribution in [0.3, 0.4) is 0 Å². The molecule has 4 amide bonds. The fourth-order valence-electron chi connectivity index (χ4n) is 2.38. The number of urea groups is 1. The van der Waals surface area contributed by atoms with E-state index in [0.29, 0.717) is 19.6 Å². The predicted molar refractivity (Wildman–Crippen MR) is 60.1 cm³/mol. The third-order valence-corrected chi connectivity index (χ3v) is 3.32. The summed E-state index contributed by atoms with van der Waals surface area (Å²) in [7, 11) is 0. The van der Waals surface area contributed by atoms with Gasteiger partial charge in [-0.2, -0.15) is 0 Å². The Morgan fingerprint density at radius 3 is 2.47 bits per heavy atom. The number of fused-ring (bicyclic) bond motifs is 1. The first-order valence-corrected chi connectivity index (χ1v) is 5.82. The molecule has 0 radical (unpaired) electrons. The summed E-state index contributed by atoms with van der Waals surface area (Å²) >= 11 is 0. The van der Waals surface area contributed by atoms with Crippen molar-refractivity contribution in [1.29, 1.82) is 0 Å². The van der Waals surface area contributed by atoms with Crippen molar-refractivity contribution in [2.45, 2.75) is 32.9 Å². The molecule has 2 aliphatic rings.